The number of hydrogen-bond acceptors (Lipinski definition) is 2. The molecule has 0 aliphatic rings. The van der Waals surface area contributed by atoms with E-state index in [4.69, 9.17) is 22.1 Å². The second kappa shape index (κ2) is 5.72. The fourth-order valence-electron chi connectivity index (χ4n) is 2.22. The molecule has 21 heavy (non-hydrogen) atoms. The van der Waals surface area contributed by atoms with Gasteiger partial charge < -0.3 is 10.5 Å². The molecule has 106 valence electrons. The Labute approximate surface area is 126 Å². The number of ether oxygens (including phenoxy) is 1. The molecule has 2 nitrogen and oxygen atoms in total. The highest BCUT2D eigenvalue weighted by Crippen LogP contribution is 2.36. The van der Waals surface area contributed by atoms with Crippen LogP contribution in [0.25, 0.3) is 10.8 Å². The van der Waals surface area contributed by atoms with Gasteiger partial charge in [-0.3, -0.25) is 0 Å². The van der Waals surface area contributed by atoms with E-state index in [-0.39, 0.29) is 17.3 Å². The zero-order valence-electron chi connectivity index (χ0n) is 11.1. The van der Waals surface area contributed by atoms with E-state index >= 15 is 0 Å². The van der Waals surface area contributed by atoms with Crippen molar-refractivity contribution in [3.8, 4) is 11.5 Å². The Bertz CT molecular complexity index is 799. The summed E-state index contributed by atoms with van der Waals surface area (Å²) in [5, 5.41) is 2.13. The average Bonchev–Trinajstić information content (AvgIpc) is 2.52. The minimum absolute atomic E-state index is 0.0102. The van der Waals surface area contributed by atoms with Crippen LogP contribution in [0, 0.1) is 5.82 Å². The van der Waals surface area contributed by atoms with E-state index in [0.717, 1.165) is 10.8 Å². The molecule has 0 aromatic heterocycles. The Kier molecular flexibility index (Phi) is 3.78. The molecule has 0 heterocycles. The third kappa shape index (κ3) is 2.58. The average molecular weight is 302 g/mol. The van der Waals surface area contributed by atoms with Gasteiger partial charge in [0.15, 0.2) is 11.6 Å². The van der Waals surface area contributed by atoms with Crippen molar-refractivity contribution >= 4 is 22.4 Å². The molecule has 0 unspecified atom stereocenters. The van der Waals surface area contributed by atoms with Crippen LogP contribution in [0.1, 0.15) is 5.56 Å². The Morgan fingerprint density at radius 2 is 1.76 bits per heavy atom. The van der Waals surface area contributed by atoms with E-state index in [0.29, 0.717) is 11.3 Å². The van der Waals surface area contributed by atoms with Gasteiger partial charge >= 0.3 is 0 Å². The molecular formula is C17H13ClFNO. The topological polar surface area (TPSA) is 35.2 Å². The lowest BCUT2D eigenvalue weighted by molar-refractivity contribution is 0.443. The summed E-state index contributed by atoms with van der Waals surface area (Å²) in [5.74, 6) is 0.0528. The third-order valence-electron chi connectivity index (χ3n) is 3.31. The second-order valence-electron chi connectivity index (χ2n) is 4.63. The fraction of sp³-hybridized carbons (Fsp3) is 0.0588. The molecular weight excluding hydrogens is 289 g/mol. The fourth-order valence-corrected chi connectivity index (χ4v) is 2.40. The van der Waals surface area contributed by atoms with Crippen molar-refractivity contribution in [2.45, 2.75) is 6.54 Å². The molecule has 0 radical (unpaired) electrons. The minimum Gasteiger partial charge on any atom is -0.452 e. The Hall–Kier alpha value is -2.10. The molecule has 0 fully saturated rings. The van der Waals surface area contributed by atoms with Gasteiger partial charge in [-0.25, -0.2) is 4.39 Å². The Morgan fingerprint density at radius 3 is 2.57 bits per heavy atom. The highest BCUT2D eigenvalue weighted by Gasteiger charge is 2.15. The normalized spacial score (nSPS) is 10.8. The van der Waals surface area contributed by atoms with Gasteiger partial charge in [0, 0.05) is 17.5 Å². The molecule has 3 aromatic carbocycles. The first-order chi connectivity index (χ1) is 10.2. The van der Waals surface area contributed by atoms with Gasteiger partial charge in [-0.2, -0.15) is 0 Å². The predicted octanol–water partition coefficient (Wildman–Crippen LogP) is 4.88. The molecule has 0 aliphatic heterocycles. The maximum atomic E-state index is 14.3. The Balaban J connectivity index is 2.11. The summed E-state index contributed by atoms with van der Waals surface area (Å²) in [7, 11) is 0. The summed E-state index contributed by atoms with van der Waals surface area (Å²) in [5.41, 5.74) is 5.88. The molecule has 0 saturated heterocycles. The highest BCUT2D eigenvalue weighted by atomic mass is 35.5. The van der Waals surface area contributed by atoms with E-state index in [9.17, 15) is 4.39 Å². The molecule has 2 N–H and O–H groups in total. The van der Waals surface area contributed by atoms with Crippen LogP contribution in [-0.2, 0) is 6.54 Å². The van der Waals surface area contributed by atoms with Crippen molar-refractivity contribution in [1.29, 1.82) is 0 Å². The van der Waals surface area contributed by atoms with Gasteiger partial charge in [0.25, 0.3) is 0 Å². The molecule has 0 amide bonds. The van der Waals surface area contributed by atoms with Crippen LogP contribution in [0.15, 0.2) is 54.6 Å². The number of fused-ring (bicyclic) bond motifs is 1. The van der Waals surface area contributed by atoms with Gasteiger partial charge in [-0.1, -0.05) is 54.1 Å². The van der Waals surface area contributed by atoms with Crippen molar-refractivity contribution in [3.63, 3.8) is 0 Å². The Morgan fingerprint density at radius 1 is 1.00 bits per heavy atom. The first-order valence-corrected chi connectivity index (χ1v) is 6.91. The quantitative estimate of drug-likeness (QED) is 0.748. The van der Waals surface area contributed by atoms with Gasteiger partial charge in [0.1, 0.15) is 5.75 Å². The molecule has 0 saturated carbocycles. The standard InChI is InChI=1S/C17H13ClFNO/c18-14-9-8-12(10-20)16(19)17(14)21-15-7-3-5-11-4-1-2-6-13(11)15/h1-9H,10,20H2. The van der Waals surface area contributed by atoms with Crippen molar-refractivity contribution in [1.82, 2.24) is 0 Å². The summed E-state index contributed by atoms with van der Waals surface area (Å²) < 4.78 is 20.1. The van der Waals surface area contributed by atoms with Crippen LogP contribution in [0.3, 0.4) is 0 Å². The maximum Gasteiger partial charge on any atom is 0.181 e. The molecule has 3 rings (SSSR count). The summed E-state index contributed by atoms with van der Waals surface area (Å²) in [6.07, 6.45) is 0. The summed E-state index contributed by atoms with van der Waals surface area (Å²) in [4.78, 5) is 0. The monoisotopic (exact) mass is 301 g/mol. The van der Waals surface area contributed by atoms with Crippen LogP contribution in [0.4, 0.5) is 4.39 Å². The number of halogens is 2. The minimum atomic E-state index is -0.516. The van der Waals surface area contributed by atoms with Crippen LogP contribution in [-0.4, -0.2) is 0 Å². The van der Waals surface area contributed by atoms with Crippen molar-refractivity contribution in [3.05, 3.63) is 71.0 Å². The van der Waals surface area contributed by atoms with E-state index in [1.54, 1.807) is 18.2 Å². The largest absolute Gasteiger partial charge is 0.452 e. The van der Waals surface area contributed by atoms with Crippen LogP contribution in [0.2, 0.25) is 5.02 Å². The van der Waals surface area contributed by atoms with Crippen LogP contribution >= 0.6 is 11.6 Å². The predicted molar refractivity (Wildman–Crippen MR) is 83.3 cm³/mol. The molecule has 0 aliphatic carbocycles. The van der Waals surface area contributed by atoms with Gasteiger partial charge in [0.05, 0.1) is 5.02 Å². The van der Waals surface area contributed by atoms with E-state index in [1.165, 1.54) is 0 Å². The third-order valence-corrected chi connectivity index (χ3v) is 3.61. The number of hydrogen-bond donors (Lipinski definition) is 1. The summed E-state index contributed by atoms with van der Waals surface area (Å²) in [6, 6.07) is 16.5. The molecule has 3 aromatic rings. The number of nitrogens with two attached hydrogens (primary N) is 1. The van der Waals surface area contributed by atoms with Crippen molar-refractivity contribution in [2.24, 2.45) is 5.73 Å². The number of rotatable bonds is 3. The molecule has 0 atom stereocenters. The molecule has 4 heteroatoms. The van der Waals surface area contributed by atoms with Gasteiger partial charge in [0.2, 0.25) is 0 Å². The zero-order valence-corrected chi connectivity index (χ0v) is 11.9. The van der Waals surface area contributed by atoms with E-state index in [2.05, 4.69) is 0 Å². The second-order valence-corrected chi connectivity index (χ2v) is 5.04. The molecule has 0 bridgehead atoms. The highest BCUT2D eigenvalue weighted by molar-refractivity contribution is 6.32. The van der Waals surface area contributed by atoms with Crippen LogP contribution in [0.5, 0.6) is 11.5 Å². The number of benzene rings is 3. The van der Waals surface area contributed by atoms with E-state index < -0.39 is 5.82 Å². The van der Waals surface area contributed by atoms with Gasteiger partial charge in [-0.05, 0) is 17.5 Å². The first-order valence-electron chi connectivity index (χ1n) is 6.53. The van der Waals surface area contributed by atoms with Gasteiger partial charge in [-0.15, -0.1) is 0 Å². The summed E-state index contributed by atoms with van der Waals surface area (Å²) in [6.45, 7) is 0.0922. The SMILES string of the molecule is NCc1ccc(Cl)c(Oc2cccc3ccccc23)c1F. The summed E-state index contributed by atoms with van der Waals surface area (Å²) >= 11 is 6.05. The molecule has 0 spiro atoms. The lowest BCUT2D eigenvalue weighted by Crippen LogP contribution is -2.02. The van der Waals surface area contributed by atoms with E-state index in [1.807, 2.05) is 36.4 Å². The van der Waals surface area contributed by atoms with Crippen molar-refractivity contribution in [2.75, 3.05) is 0 Å². The lowest BCUT2D eigenvalue weighted by Gasteiger charge is -2.12. The smallest absolute Gasteiger partial charge is 0.181 e. The lowest BCUT2D eigenvalue weighted by atomic mass is 10.1. The van der Waals surface area contributed by atoms with Crippen molar-refractivity contribution < 1.29 is 9.13 Å². The zero-order chi connectivity index (χ0) is 14.8. The first kappa shape index (κ1) is 13.9. The maximum absolute atomic E-state index is 14.3. The van der Waals surface area contributed by atoms with Crippen LogP contribution < -0.4 is 10.5 Å².